The summed E-state index contributed by atoms with van der Waals surface area (Å²) in [6.45, 7) is 1.81. The van der Waals surface area contributed by atoms with Crippen LogP contribution in [0.3, 0.4) is 0 Å². The number of aromatic nitrogens is 4. The average Bonchev–Trinajstić information content (AvgIpc) is 2.97. The molecule has 0 amide bonds. The molecule has 1 N–H and O–H groups in total. The van der Waals surface area contributed by atoms with Crippen molar-refractivity contribution in [2.24, 2.45) is 7.05 Å². The van der Waals surface area contributed by atoms with Crippen LogP contribution in [0.2, 0.25) is 0 Å². The molecule has 10 heteroatoms. The van der Waals surface area contributed by atoms with Crippen molar-refractivity contribution in [1.29, 1.82) is 0 Å². The van der Waals surface area contributed by atoms with Gasteiger partial charge in [-0.25, -0.2) is 4.79 Å². The molecule has 0 unspecified atom stereocenters. The molecular formula is C15H13F3N4O3. The van der Waals surface area contributed by atoms with Crippen LogP contribution < -0.4 is 16.0 Å². The zero-order chi connectivity index (χ0) is 18.4. The van der Waals surface area contributed by atoms with Crippen molar-refractivity contribution >= 4 is 11.2 Å². The van der Waals surface area contributed by atoms with E-state index in [9.17, 15) is 22.8 Å². The summed E-state index contributed by atoms with van der Waals surface area (Å²) < 4.78 is 45.7. The Labute approximate surface area is 138 Å². The Balaban J connectivity index is 2.07. The van der Waals surface area contributed by atoms with E-state index in [2.05, 4.69) is 9.97 Å². The van der Waals surface area contributed by atoms with Crippen molar-refractivity contribution in [2.75, 3.05) is 0 Å². The van der Waals surface area contributed by atoms with Gasteiger partial charge in [0.15, 0.2) is 11.2 Å². The number of nitrogens with zero attached hydrogens (tertiary/aromatic N) is 3. The quantitative estimate of drug-likeness (QED) is 0.782. The molecule has 0 fully saturated rings. The van der Waals surface area contributed by atoms with Crippen molar-refractivity contribution in [1.82, 2.24) is 19.1 Å². The van der Waals surface area contributed by atoms with Gasteiger partial charge in [0.25, 0.3) is 5.56 Å². The molecule has 7 nitrogen and oxygen atoms in total. The van der Waals surface area contributed by atoms with E-state index in [0.717, 1.165) is 21.3 Å². The van der Waals surface area contributed by atoms with E-state index in [1.54, 1.807) is 6.92 Å². The first-order valence-electron chi connectivity index (χ1n) is 7.27. The lowest BCUT2D eigenvalue weighted by atomic mass is 10.2. The number of hydrogen-bond acceptors (Lipinski definition) is 4. The highest BCUT2D eigenvalue weighted by molar-refractivity contribution is 5.70. The van der Waals surface area contributed by atoms with Gasteiger partial charge in [0.1, 0.15) is 5.75 Å². The molecule has 25 heavy (non-hydrogen) atoms. The van der Waals surface area contributed by atoms with Crippen LogP contribution in [-0.2, 0) is 19.8 Å². The van der Waals surface area contributed by atoms with Gasteiger partial charge in [-0.15, -0.1) is 0 Å². The largest absolute Gasteiger partial charge is 0.426 e. The molecule has 0 aliphatic rings. The highest BCUT2D eigenvalue weighted by Gasteiger charge is 2.30. The van der Waals surface area contributed by atoms with E-state index >= 15 is 0 Å². The van der Waals surface area contributed by atoms with Gasteiger partial charge in [0, 0.05) is 13.6 Å². The number of fused-ring (bicyclic) bond motifs is 1. The van der Waals surface area contributed by atoms with Crippen LogP contribution in [-0.4, -0.2) is 19.1 Å². The fourth-order valence-electron chi connectivity index (χ4n) is 2.40. The van der Waals surface area contributed by atoms with Crippen molar-refractivity contribution in [2.45, 2.75) is 19.6 Å². The Kier molecular flexibility index (Phi) is 3.90. The molecular weight excluding hydrogens is 341 g/mol. The maximum Gasteiger partial charge on any atom is 0.416 e. The van der Waals surface area contributed by atoms with Gasteiger partial charge < -0.3 is 9.72 Å². The Hall–Kier alpha value is -3.04. The van der Waals surface area contributed by atoms with Gasteiger partial charge in [0.05, 0.1) is 5.56 Å². The Bertz CT molecular complexity index is 1060. The number of aryl methyl sites for hydroxylation is 1. The minimum Gasteiger partial charge on any atom is -0.426 e. The summed E-state index contributed by atoms with van der Waals surface area (Å²) in [6.07, 6.45) is -4.51. The number of halogens is 3. The molecule has 0 radical (unpaired) electrons. The molecule has 0 spiro atoms. The summed E-state index contributed by atoms with van der Waals surface area (Å²) in [5.41, 5.74) is -1.90. The minimum absolute atomic E-state index is 0.0333. The van der Waals surface area contributed by atoms with Crippen LogP contribution in [0, 0.1) is 0 Å². The maximum absolute atomic E-state index is 12.7. The van der Waals surface area contributed by atoms with E-state index < -0.39 is 23.0 Å². The summed E-state index contributed by atoms with van der Waals surface area (Å²) in [6, 6.07) is 4.06. The molecule has 0 bridgehead atoms. The van der Waals surface area contributed by atoms with E-state index in [0.29, 0.717) is 0 Å². The second-order valence-corrected chi connectivity index (χ2v) is 5.26. The molecule has 3 rings (SSSR count). The molecule has 0 aliphatic carbocycles. The monoisotopic (exact) mass is 354 g/mol. The number of rotatable bonds is 3. The Morgan fingerprint density at radius 2 is 2.00 bits per heavy atom. The van der Waals surface area contributed by atoms with Crippen LogP contribution >= 0.6 is 0 Å². The van der Waals surface area contributed by atoms with E-state index in [1.807, 2.05) is 0 Å². The lowest BCUT2D eigenvalue weighted by molar-refractivity contribution is -0.137. The molecule has 3 aromatic rings. The first-order chi connectivity index (χ1) is 11.7. The predicted molar refractivity (Wildman–Crippen MR) is 82.8 cm³/mol. The number of nitrogens with one attached hydrogen (secondary N) is 1. The molecule has 132 valence electrons. The van der Waals surface area contributed by atoms with Crippen LogP contribution in [0.4, 0.5) is 13.2 Å². The summed E-state index contributed by atoms with van der Waals surface area (Å²) in [7, 11) is 1.44. The summed E-state index contributed by atoms with van der Waals surface area (Å²) in [4.78, 5) is 30.9. The van der Waals surface area contributed by atoms with Crippen molar-refractivity contribution in [3.05, 3.63) is 50.7 Å². The highest BCUT2D eigenvalue weighted by Crippen LogP contribution is 2.32. The van der Waals surface area contributed by atoms with Crippen LogP contribution in [0.15, 0.2) is 33.9 Å². The predicted octanol–water partition coefficient (Wildman–Crippen LogP) is 2.25. The lowest BCUT2D eigenvalue weighted by Crippen LogP contribution is -2.38. The van der Waals surface area contributed by atoms with Crippen molar-refractivity contribution in [3.8, 4) is 11.8 Å². The Morgan fingerprint density at radius 1 is 1.28 bits per heavy atom. The third kappa shape index (κ3) is 2.90. The normalized spacial score (nSPS) is 11.9. The summed E-state index contributed by atoms with van der Waals surface area (Å²) in [5, 5.41) is 0. The topological polar surface area (TPSA) is 81.9 Å². The van der Waals surface area contributed by atoms with Crippen LogP contribution in [0.1, 0.15) is 12.5 Å². The van der Waals surface area contributed by atoms with Crippen molar-refractivity contribution in [3.63, 3.8) is 0 Å². The molecule has 0 saturated carbocycles. The van der Waals surface area contributed by atoms with E-state index in [-0.39, 0.29) is 29.5 Å². The molecule has 1 aromatic carbocycles. The first-order valence-corrected chi connectivity index (χ1v) is 7.27. The zero-order valence-electron chi connectivity index (χ0n) is 13.2. The van der Waals surface area contributed by atoms with Crippen LogP contribution in [0.5, 0.6) is 11.8 Å². The summed E-state index contributed by atoms with van der Waals surface area (Å²) in [5.74, 6) is -0.102. The number of imidazole rings is 1. The number of H-pyrrole nitrogens is 1. The first kappa shape index (κ1) is 16.8. The van der Waals surface area contributed by atoms with Gasteiger partial charge in [0.2, 0.25) is 0 Å². The van der Waals surface area contributed by atoms with Crippen molar-refractivity contribution < 1.29 is 17.9 Å². The number of aromatic amines is 1. The standard InChI is InChI=1S/C15H13F3N4O3/c1-3-22-12(23)10-11(21(2)14(22)24)20-13(19-10)25-9-6-4-5-8(7-9)15(16,17)18/h4-7H,3H2,1-2H3,(H,19,20). The highest BCUT2D eigenvalue weighted by atomic mass is 19.4. The molecule has 2 heterocycles. The number of hydrogen-bond donors (Lipinski definition) is 1. The second kappa shape index (κ2) is 5.80. The molecule has 0 atom stereocenters. The third-order valence-corrected chi connectivity index (χ3v) is 3.65. The average molecular weight is 354 g/mol. The van der Waals surface area contributed by atoms with Gasteiger partial charge >= 0.3 is 17.9 Å². The lowest BCUT2D eigenvalue weighted by Gasteiger charge is -2.08. The fourth-order valence-corrected chi connectivity index (χ4v) is 2.40. The molecule has 2 aromatic heterocycles. The second-order valence-electron chi connectivity index (χ2n) is 5.26. The van der Waals surface area contributed by atoms with Gasteiger partial charge in [-0.3, -0.25) is 13.9 Å². The smallest absolute Gasteiger partial charge is 0.416 e. The summed E-state index contributed by atoms with van der Waals surface area (Å²) >= 11 is 0. The van der Waals surface area contributed by atoms with Gasteiger partial charge in [-0.05, 0) is 25.1 Å². The van der Waals surface area contributed by atoms with E-state index in [1.165, 1.54) is 19.2 Å². The SMILES string of the molecule is CCn1c(=O)c2[nH]c(Oc3cccc(C(F)(F)F)c3)nc2n(C)c1=O. The molecule has 0 saturated heterocycles. The zero-order valence-corrected chi connectivity index (χ0v) is 13.2. The Morgan fingerprint density at radius 3 is 2.64 bits per heavy atom. The number of ether oxygens (including phenoxy) is 1. The van der Waals surface area contributed by atoms with Crippen LogP contribution in [0.25, 0.3) is 11.2 Å². The van der Waals surface area contributed by atoms with E-state index in [4.69, 9.17) is 4.74 Å². The van der Waals surface area contributed by atoms with Gasteiger partial charge in [-0.1, -0.05) is 6.07 Å². The maximum atomic E-state index is 12.7. The fraction of sp³-hybridized carbons (Fsp3) is 0.267. The number of benzene rings is 1. The minimum atomic E-state index is -4.51. The van der Waals surface area contributed by atoms with Gasteiger partial charge in [-0.2, -0.15) is 18.2 Å². The third-order valence-electron chi connectivity index (χ3n) is 3.65. The number of alkyl halides is 3. The molecule has 0 aliphatic heterocycles.